The normalized spacial score (nSPS) is 29.2. The SMILES string of the molecule is O=C(O)[C@H]1CCCCC[C@H]1C(=O)O. The van der Waals surface area contributed by atoms with Gasteiger partial charge < -0.3 is 10.2 Å². The number of carboxylic acid groups (broad SMARTS) is 2. The van der Waals surface area contributed by atoms with Crippen LogP contribution in [0.5, 0.6) is 0 Å². The molecule has 0 bridgehead atoms. The van der Waals surface area contributed by atoms with E-state index in [-0.39, 0.29) is 0 Å². The van der Waals surface area contributed by atoms with Gasteiger partial charge in [-0.15, -0.1) is 0 Å². The topological polar surface area (TPSA) is 74.6 Å². The van der Waals surface area contributed by atoms with Crippen molar-refractivity contribution in [3.8, 4) is 0 Å². The Hall–Kier alpha value is -1.06. The number of hydrogen-bond donors (Lipinski definition) is 2. The van der Waals surface area contributed by atoms with E-state index in [1.54, 1.807) is 0 Å². The third kappa shape index (κ3) is 2.44. The molecule has 13 heavy (non-hydrogen) atoms. The standard InChI is InChI=1S/C9H14O4/c10-8(11)6-4-2-1-3-5-7(6)9(12)13/h6-7H,1-5H2,(H,10,11)(H,12,13)/t6-,7+. The Kier molecular flexibility index (Phi) is 3.28. The van der Waals surface area contributed by atoms with Crippen molar-refractivity contribution < 1.29 is 19.8 Å². The second kappa shape index (κ2) is 4.25. The average Bonchev–Trinajstić information content (AvgIpc) is 2.27. The van der Waals surface area contributed by atoms with Gasteiger partial charge in [0.05, 0.1) is 11.8 Å². The summed E-state index contributed by atoms with van der Waals surface area (Å²) in [5, 5.41) is 17.6. The maximum atomic E-state index is 10.8. The van der Waals surface area contributed by atoms with Crippen molar-refractivity contribution in [1.82, 2.24) is 0 Å². The summed E-state index contributed by atoms with van der Waals surface area (Å²) in [6.07, 6.45) is 3.63. The maximum Gasteiger partial charge on any atom is 0.307 e. The number of carboxylic acids is 2. The molecule has 0 amide bonds. The molecule has 74 valence electrons. The monoisotopic (exact) mass is 186 g/mol. The summed E-state index contributed by atoms with van der Waals surface area (Å²) in [7, 11) is 0. The van der Waals surface area contributed by atoms with Gasteiger partial charge in [0.25, 0.3) is 0 Å². The second-order valence-electron chi connectivity index (χ2n) is 3.53. The zero-order chi connectivity index (χ0) is 9.84. The molecule has 1 saturated carbocycles. The van der Waals surface area contributed by atoms with E-state index in [0.717, 1.165) is 19.3 Å². The molecule has 0 saturated heterocycles. The van der Waals surface area contributed by atoms with Crippen LogP contribution in [0.2, 0.25) is 0 Å². The highest BCUT2D eigenvalue weighted by molar-refractivity contribution is 5.79. The molecule has 1 aliphatic carbocycles. The van der Waals surface area contributed by atoms with Gasteiger partial charge in [0.1, 0.15) is 0 Å². The molecule has 0 radical (unpaired) electrons. The van der Waals surface area contributed by atoms with Crippen LogP contribution >= 0.6 is 0 Å². The average molecular weight is 186 g/mol. The van der Waals surface area contributed by atoms with Crippen molar-refractivity contribution >= 4 is 11.9 Å². The van der Waals surface area contributed by atoms with Crippen LogP contribution in [0.4, 0.5) is 0 Å². The van der Waals surface area contributed by atoms with Crippen LogP contribution in [-0.4, -0.2) is 22.2 Å². The first-order chi connectivity index (χ1) is 6.13. The zero-order valence-electron chi connectivity index (χ0n) is 7.40. The van der Waals surface area contributed by atoms with Crippen LogP contribution in [0.25, 0.3) is 0 Å². The summed E-state index contributed by atoms with van der Waals surface area (Å²) >= 11 is 0. The van der Waals surface area contributed by atoms with Crippen LogP contribution in [0.1, 0.15) is 32.1 Å². The molecule has 0 aromatic heterocycles. The summed E-state index contributed by atoms with van der Waals surface area (Å²) in [5.41, 5.74) is 0. The van der Waals surface area contributed by atoms with E-state index >= 15 is 0 Å². The Morgan fingerprint density at radius 3 is 1.54 bits per heavy atom. The molecular formula is C9H14O4. The van der Waals surface area contributed by atoms with Gasteiger partial charge in [-0.2, -0.15) is 0 Å². The van der Waals surface area contributed by atoms with E-state index in [1.165, 1.54) is 0 Å². The first kappa shape index (κ1) is 10.0. The lowest BCUT2D eigenvalue weighted by Gasteiger charge is -2.16. The molecule has 0 heterocycles. The molecule has 1 fully saturated rings. The molecule has 0 aromatic carbocycles. The first-order valence-corrected chi connectivity index (χ1v) is 4.58. The Labute approximate surface area is 76.6 Å². The van der Waals surface area contributed by atoms with Crippen LogP contribution in [0.3, 0.4) is 0 Å². The number of rotatable bonds is 2. The first-order valence-electron chi connectivity index (χ1n) is 4.58. The van der Waals surface area contributed by atoms with Crippen molar-refractivity contribution in [2.45, 2.75) is 32.1 Å². The Morgan fingerprint density at radius 2 is 1.23 bits per heavy atom. The third-order valence-electron chi connectivity index (χ3n) is 2.65. The highest BCUT2D eigenvalue weighted by Crippen LogP contribution is 2.29. The molecule has 0 spiro atoms. The summed E-state index contributed by atoms with van der Waals surface area (Å²) in [4.78, 5) is 21.5. The Balaban J connectivity index is 2.72. The third-order valence-corrected chi connectivity index (χ3v) is 2.65. The maximum absolute atomic E-state index is 10.8. The van der Waals surface area contributed by atoms with E-state index in [2.05, 4.69) is 0 Å². The van der Waals surface area contributed by atoms with Crippen LogP contribution in [-0.2, 0) is 9.59 Å². The fourth-order valence-corrected chi connectivity index (χ4v) is 1.90. The van der Waals surface area contributed by atoms with Gasteiger partial charge in [-0.05, 0) is 12.8 Å². The quantitative estimate of drug-likeness (QED) is 0.638. The lowest BCUT2D eigenvalue weighted by molar-refractivity contribution is -0.154. The summed E-state index contributed by atoms with van der Waals surface area (Å²) in [5.74, 6) is -3.29. The second-order valence-corrected chi connectivity index (χ2v) is 3.53. The number of hydrogen-bond acceptors (Lipinski definition) is 2. The number of carbonyl (C=O) groups is 2. The zero-order valence-corrected chi connectivity index (χ0v) is 7.40. The van der Waals surface area contributed by atoms with E-state index in [0.29, 0.717) is 12.8 Å². The molecule has 2 N–H and O–H groups in total. The highest BCUT2D eigenvalue weighted by Gasteiger charge is 2.34. The van der Waals surface area contributed by atoms with Crippen LogP contribution in [0.15, 0.2) is 0 Å². The molecule has 0 unspecified atom stereocenters. The van der Waals surface area contributed by atoms with Crippen molar-refractivity contribution in [2.75, 3.05) is 0 Å². The molecule has 4 heteroatoms. The largest absolute Gasteiger partial charge is 0.481 e. The minimum atomic E-state index is -0.964. The van der Waals surface area contributed by atoms with Gasteiger partial charge in [-0.1, -0.05) is 19.3 Å². The minimum absolute atomic E-state index is 0.506. The smallest absolute Gasteiger partial charge is 0.307 e. The summed E-state index contributed by atoms with van der Waals surface area (Å²) in [6.45, 7) is 0. The van der Waals surface area contributed by atoms with Gasteiger partial charge >= 0.3 is 11.9 Å². The number of aliphatic carboxylic acids is 2. The Morgan fingerprint density at radius 1 is 0.846 bits per heavy atom. The molecular weight excluding hydrogens is 172 g/mol. The van der Waals surface area contributed by atoms with E-state index in [1.807, 2.05) is 0 Å². The van der Waals surface area contributed by atoms with Crippen molar-refractivity contribution in [1.29, 1.82) is 0 Å². The van der Waals surface area contributed by atoms with Gasteiger partial charge in [0.2, 0.25) is 0 Å². The fourth-order valence-electron chi connectivity index (χ4n) is 1.90. The van der Waals surface area contributed by atoms with E-state index in [9.17, 15) is 9.59 Å². The molecule has 0 aliphatic heterocycles. The lowest BCUT2D eigenvalue weighted by atomic mass is 9.88. The van der Waals surface area contributed by atoms with E-state index < -0.39 is 23.8 Å². The van der Waals surface area contributed by atoms with Crippen molar-refractivity contribution in [2.24, 2.45) is 11.8 Å². The van der Waals surface area contributed by atoms with E-state index in [4.69, 9.17) is 10.2 Å². The molecule has 1 aliphatic rings. The van der Waals surface area contributed by atoms with Crippen molar-refractivity contribution in [3.63, 3.8) is 0 Å². The predicted molar refractivity (Wildman–Crippen MR) is 45.3 cm³/mol. The highest BCUT2D eigenvalue weighted by atomic mass is 16.4. The lowest BCUT2D eigenvalue weighted by Crippen LogP contribution is -2.28. The Bertz CT molecular complexity index is 190. The molecule has 4 nitrogen and oxygen atoms in total. The molecule has 1 rings (SSSR count). The molecule has 0 aromatic rings. The van der Waals surface area contributed by atoms with Crippen LogP contribution in [0, 0.1) is 11.8 Å². The van der Waals surface area contributed by atoms with Gasteiger partial charge in [-0.25, -0.2) is 0 Å². The van der Waals surface area contributed by atoms with Gasteiger partial charge in [-0.3, -0.25) is 9.59 Å². The molecule has 2 atom stereocenters. The van der Waals surface area contributed by atoms with Crippen LogP contribution < -0.4 is 0 Å². The summed E-state index contributed by atoms with van der Waals surface area (Å²) < 4.78 is 0. The summed E-state index contributed by atoms with van der Waals surface area (Å²) in [6, 6.07) is 0. The van der Waals surface area contributed by atoms with Gasteiger partial charge in [0, 0.05) is 0 Å². The predicted octanol–water partition coefficient (Wildman–Crippen LogP) is 1.35. The minimum Gasteiger partial charge on any atom is -0.481 e. The van der Waals surface area contributed by atoms with Gasteiger partial charge in [0.15, 0.2) is 0 Å². The fraction of sp³-hybridized carbons (Fsp3) is 0.778. The van der Waals surface area contributed by atoms with Crippen molar-refractivity contribution in [3.05, 3.63) is 0 Å².